The molecule has 0 spiro atoms. The number of amides is 1. The van der Waals surface area contributed by atoms with Crippen molar-refractivity contribution in [3.05, 3.63) is 48.0 Å². The zero-order valence-electron chi connectivity index (χ0n) is 16.4. The third-order valence-electron chi connectivity index (χ3n) is 5.46. The summed E-state index contributed by atoms with van der Waals surface area (Å²) in [6.45, 7) is 9.18. The summed E-state index contributed by atoms with van der Waals surface area (Å²) in [6, 6.07) is 10.3. The second kappa shape index (κ2) is 9.37. The van der Waals surface area contributed by atoms with E-state index >= 15 is 0 Å². The van der Waals surface area contributed by atoms with Crippen LogP contribution in [0.3, 0.4) is 0 Å². The molecule has 2 nitrogen and oxygen atoms in total. The van der Waals surface area contributed by atoms with Crippen LogP contribution < -0.4 is 5.32 Å². The Labute approximate surface area is 155 Å². The molecule has 138 valence electrons. The second-order valence-corrected chi connectivity index (χ2v) is 14.1. The maximum Gasteiger partial charge on any atom is 0.220 e. The fourth-order valence-corrected chi connectivity index (χ4v) is 5.09. The summed E-state index contributed by atoms with van der Waals surface area (Å²) >= 11 is 0. The van der Waals surface area contributed by atoms with Crippen LogP contribution in [0.5, 0.6) is 0 Å². The minimum absolute atomic E-state index is 0.0679. The largest absolute Gasteiger partial charge is 0.350 e. The van der Waals surface area contributed by atoms with Gasteiger partial charge in [-0.2, -0.15) is 0 Å². The molecular formula is C22H35NOSi. The van der Waals surface area contributed by atoms with Crippen LogP contribution in [-0.4, -0.2) is 14.0 Å². The Morgan fingerprint density at radius 3 is 2.40 bits per heavy atom. The van der Waals surface area contributed by atoms with Crippen LogP contribution in [0.25, 0.3) is 0 Å². The van der Waals surface area contributed by atoms with Gasteiger partial charge in [-0.05, 0) is 36.8 Å². The summed E-state index contributed by atoms with van der Waals surface area (Å²) < 4.78 is 0. The SMILES string of the molecule is C[C@H](NC(=O)C[C@@H](/C=C/C1CCCCC1)[Si](C)(C)C)c1ccccc1. The molecule has 0 aliphatic heterocycles. The van der Waals surface area contributed by atoms with Crippen LogP contribution in [0, 0.1) is 5.92 Å². The predicted octanol–water partition coefficient (Wildman–Crippen LogP) is 6.10. The quantitative estimate of drug-likeness (QED) is 0.463. The molecule has 1 aromatic rings. The first-order valence-electron chi connectivity index (χ1n) is 9.89. The number of nitrogens with one attached hydrogen (secondary N) is 1. The molecule has 0 unspecified atom stereocenters. The molecule has 1 aliphatic rings. The maximum absolute atomic E-state index is 12.6. The van der Waals surface area contributed by atoms with Crippen molar-refractivity contribution in [2.24, 2.45) is 5.92 Å². The van der Waals surface area contributed by atoms with E-state index in [1.807, 2.05) is 18.2 Å². The van der Waals surface area contributed by atoms with Crippen LogP contribution >= 0.6 is 0 Å². The van der Waals surface area contributed by atoms with Gasteiger partial charge in [-0.25, -0.2) is 0 Å². The lowest BCUT2D eigenvalue weighted by molar-refractivity contribution is -0.121. The van der Waals surface area contributed by atoms with E-state index in [1.54, 1.807) is 0 Å². The van der Waals surface area contributed by atoms with Gasteiger partial charge in [0.05, 0.1) is 14.1 Å². The highest BCUT2D eigenvalue weighted by molar-refractivity contribution is 6.78. The van der Waals surface area contributed by atoms with Crippen molar-refractivity contribution in [1.82, 2.24) is 5.32 Å². The van der Waals surface area contributed by atoms with Crippen LogP contribution in [0.2, 0.25) is 25.2 Å². The van der Waals surface area contributed by atoms with Gasteiger partial charge in [0.2, 0.25) is 5.91 Å². The highest BCUT2D eigenvalue weighted by atomic mass is 28.3. The fraction of sp³-hybridized carbons (Fsp3) is 0.591. The van der Waals surface area contributed by atoms with Gasteiger partial charge in [0.25, 0.3) is 0 Å². The Kier molecular flexibility index (Phi) is 7.49. The molecule has 1 saturated carbocycles. The number of carbonyl (C=O) groups is 1. The summed E-state index contributed by atoms with van der Waals surface area (Å²) in [5.41, 5.74) is 1.58. The number of hydrogen-bond acceptors (Lipinski definition) is 1. The Morgan fingerprint density at radius 1 is 1.16 bits per heavy atom. The maximum atomic E-state index is 12.6. The van der Waals surface area contributed by atoms with E-state index in [4.69, 9.17) is 0 Å². The Balaban J connectivity index is 1.94. The first-order chi connectivity index (χ1) is 11.9. The van der Waals surface area contributed by atoms with Crippen LogP contribution in [0.15, 0.2) is 42.5 Å². The van der Waals surface area contributed by atoms with Gasteiger partial charge < -0.3 is 5.32 Å². The van der Waals surface area contributed by atoms with Crippen molar-refractivity contribution in [3.8, 4) is 0 Å². The zero-order valence-corrected chi connectivity index (χ0v) is 17.4. The standard InChI is InChI=1S/C22H35NOSi/c1-18(20-13-9-6-10-14-20)23-22(24)17-21(25(2,3)4)16-15-19-11-7-5-8-12-19/h6,9-10,13-16,18-19,21H,5,7-8,11-12,17H2,1-4H3,(H,23,24)/b16-15+/t18-,21+/m0/s1. The minimum Gasteiger partial charge on any atom is -0.350 e. The lowest BCUT2D eigenvalue weighted by Gasteiger charge is -2.27. The van der Waals surface area contributed by atoms with E-state index < -0.39 is 8.07 Å². The summed E-state index contributed by atoms with van der Waals surface area (Å²) in [5, 5.41) is 3.19. The smallest absolute Gasteiger partial charge is 0.220 e. The van der Waals surface area contributed by atoms with Gasteiger partial charge in [0.15, 0.2) is 0 Å². The molecule has 1 N–H and O–H groups in total. The Morgan fingerprint density at radius 2 is 1.80 bits per heavy atom. The van der Waals surface area contributed by atoms with Crippen molar-refractivity contribution < 1.29 is 4.79 Å². The lowest BCUT2D eigenvalue weighted by atomic mass is 9.89. The number of allylic oxidation sites excluding steroid dienone is 2. The molecule has 2 atom stereocenters. The molecule has 25 heavy (non-hydrogen) atoms. The van der Waals surface area contributed by atoms with E-state index in [2.05, 4.69) is 56.2 Å². The van der Waals surface area contributed by atoms with E-state index in [1.165, 1.54) is 32.1 Å². The molecule has 0 heterocycles. The Bertz CT molecular complexity index is 555. The van der Waals surface area contributed by atoms with E-state index in [-0.39, 0.29) is 11.9 Å². The highest BCUT2D eigenvalue weighted by Crippen LogP contribution is 2.31. The highest BCUT2D eigenvalue weighted by Gasteiger charge is 2.27. The molecule has 1 aliphatic carbocycles. The number of carbonyl (C=O) groups excluding carboxylic acids is 1. The first-order valence-corrected chi connectivity index (χ1v) is 13.5. The molecule has 1 aromatic carbocycles. The molecule has 0 bridgehead atoms. The average Bonchev–Trinajstić information content (AvgIpc) is 2.59. The van der Waals surface area contributed by atoms with E-state index in [9.17, 15) is 4.79 Å². The third-order valence-corrected chi connectivity index (χ3v) is 8.08. The van der Waals surface area contributed by atoms with Gasteiger partial charge in [-0.3, -0.25) is 4.79 Å². The predicted molar refractivity (Wildman–Crippen MR) is 110 cm³/mol. The molecule has 3 heteroatoms. The van der Waals surface area contributed by atoms with Crippen molar-refractivity contribution >= 4 is 14.0 Å². The second-order valence-electron chi connectivity index (χ2n) is 8.66. The van der Waals surface area contributed by atoms with Crippen molar-refractivity contribution in [2.75, 3.05) is 0 Å². The van der Waals surface area contributed by atoms with Gasteiger partial charge in [0, 0.05) is 6.42 Å². The van der Waals surface area contributed by atoms with Gasteiger partial charge in [-0.1, -0.05) is 81.4 Å². The normalized spacial score (nSPS) is 18.9. The van der Waals surface area contributed by atoms with Gasteiger partial charge in [-0.15, -0.1) is 0 Å². The van der Waals surface area contributed by atoms with Crippen LogP contribution in [-0.2, 0) is 4.79 Å². The molecule has 0 radical (unpaired) electrons. The van der Waals surface area contributed by atoms with Crippen molar-refractivity contribution in [2.45, 2.75) is 76.7 Å². The van der Waals surface area contributed by atoms with Crippen molar-refractivity contribution in [1.29, 1.82) is 0 Å². The van der Waals surface area contributed by atoms with Gasteiger partial charge >= 0.3 is 0 Å². The minimum atomic E-state index is -1.41. The van der Waals surface area contributed by atoms with Crippen LogP contribution in [0.1, 0.15) is 57.1 Å². The number of benzene rings is 1. The first kappa shape index (κ1) is 20.0. The lowest BCUT2D eigenvalue weighted by Crippen LogP contribution is -2.34. The molecule has 0 aromatic heterocycles. The molecule has 1 amide bonds. The number of hydrogen-bond donors (Lipinski definition) is 1. The summed E-state index contributed by atoms with van der Waals surface area (Å²) in [5.74, 6) is 0.913. The van der Waals surface area contributed by atoms with E-state index in [0.29, 0.717) is 12.0 Å². The monoisotopic (exact) mass is 357 g/mol. The topological polar surface area (TPSA) is 29.1 Å². The fourth-order valence-electron chi connectivity index (χ4n) is 3.61. The van der Waals surface area contributed by atoms with Gasteiger partial charge in [0.1, 0.15) is 0 Å². The molecule has 1 fully saturated rings. The van der Waals surface area contributed by atoms with Crippen molar-refractivity contribution in [3.63, 3.8) is 0 Å². The Hall–Kier alpha value is -1.35. The summed E-state index contributed by atoms with van der Waals surface area (Å²) in [6.07, 6.45) is 12.2. The molecule has 0 saturated heterocycles. The zero-order chi connectivity index (χ0) is 18.3. The number of rotatable bonds is 7. The molecule has 2 rings (SSSR count). The summed E-state index contributed by atoms with van der Waals surface area (Å²) in [4.78, 5) is 12.6. The van der Waals surface area contributed by atoms with E-state index in [0.717, 1.165) is 11.5 Å². The third kappa shape index (κ3) is 6.81. The summed E-state index contributed by atoms with van der Waals surface area (Å²) in [7, 11) is -1.41. The molecular weight excluding hydrogens is 322 g/mol. The average molecular weight is 358 g/mol. The van der Waals surface area contributed by atoms with Crippen LogP contribution in [0.4, 0.5) is 0 Å².